The Labute approximate surface area is 153 Å². The molecule has 3 rings (SSSR count). The summed E-state index contributed by atoms with van der Waals surface area (Å²) in [5.74, 6) is -0.499. The molecule has 1 aliphatic heterocycles. The van der Waals surface area contributed by atoms with Crippen LogP contribution in [0.5, 0.6) is 0 Å². The summed E-state index contributed by atoms with van der Waals surface area (Å²) in [5, 5.41) is 14.7. The van der Waals surface area contributed by atoms with Gasteiger partial charge in [-0.25, -0.2) is 9.18 Å². The second kappa shape index (κ2) is 8.47. The van der Waals surface area contributed by atoms with E-state index >= 15 is 0 Å². The number of anilines is 1. The summed E-state index contributed by atoms with van der Waals surface area (Å²) in [6, 6.07) is 5.29. The number of nitrogens with one attached hydrogen (secondary N) is 2. The van der Waals surface area contributed by atoms with Crippen molar-refractivity contribution in [2.24, 2.45) is 0 Å². The molecule has 7 heteroatoms. The number of hydrogen-bond acceptors (Lipinski definition) is 4. The number of hydrogen-bond donors (Lipinski definition) is 2. The molecule has 140 valence electrons. The van der Waals surface area contributed by atoms with Crippen LogP contribution in [0.3, 0.4) is 0 Å². The molecule has 1 aromatic carbocycles. The minimum absolute atomic E-state index is 0.0276. The number of rotatable bonds is 4. The smallest absolute Gasteiger partial charge is 0.319 e. The van der Waals surface area contributed by atoms with E-state index in [2.05, 4.69) is 15.5 Å². The first-order chi connectivity index (χ1) is 12.6. The fraction of sp³-hybridized carbons (Fsp3) is 0.579. The van der Waals surface area contributed by atoms with Crippen LogP contribution in [0.15, 0.2) is 18.2 Å². The van der Waals surface area contributed by atoms with Crippen molar-refractivity contribution in [1.82, 2.24) is 10.2 Å². The minimum atomic E-state index is -0.499. The molecule has 26 heavy (non-hydrogen) atoms. The highest BCUT2D eigenvalue weighted by Gasteiger charge is 2.38. The minimum Gasteiger partial charge on any atom is -0.379 e. The molecule has 1 aromatic rings. The normalized spacial score (nSPS) is 20.2. The largest absolute Gasteiger partial charge is 0.379 e. The molecule has 2 N–H and O–H groups in total. The molecule has 1 saturated carbocycles. The van der Waals surface area contributed by atoms with Crippen LogP contribution in [-0.2, 0) is 4.74 Å². The van der Waals surface area contributed by atoms with Gasteiger partial charge in [0.2, 0.25) is 0 Å². The molecule has 0 bridgehead atoms. The van der Waals surface area contributed by atoms with E-state index in [0.717, 1.165) is 58.1 Å². The van der Waals surface area contributed by atoms with E-state index in [-0.39, 0.29) is 17.1 Å². The lowest BCUT2D eigenvalue weighted by atomic mass is 9.80. The predicted molar refractivity (Wildman–Crippen MR) is 96.3 cm³/mol. The molecule has 0 spiro atoms. The Morgan fingerprint density at radius 1 is 1.27 bits per heavy atom. The van der Waals surface area contributed by atoms with E-state index in [9.17, 15) is 9.18 Å². The highest BCUT2D eigenvalue weighted by atomic mass is 19.1. The Kier molecular flexibility index (Phi) is 6.07. The molecule has 2 amide bonds. The van der Waals surface area contributed by atoms with Gasteiger partial charge in [-0.1, -0.05) is 19.3 Å². The predicted octanol–water partition coefficient (Wildman–Crippen LogP) is 2.85. The summed E-state index contributed by atoms with van der Waals surface area (Å²) in [7, 11) is 0. The third-order valence-electron chi connectivity index (χ3n) is 5.39. The molecule has 2 fully saturated rings. The SMILES string of the molecule is N#Cc1cc(F)ccc1NC(=O)NCC1(N2CCOCC2)CCCCC1. The topological polar surface area (TPSA) is 77.4 Å². The van der Waals surface area contributed by atoms with Crippen LogP contribution in [0.4, 0.5) is 14.9 Å². The first-order valence-corrected chi connectivity index (χ1v) is 9.20. The van der Waals surface area contributed by atoms with Crippen molar-refractivity contribution in [3.8, 4) is 6.07 Å². The second-order valence-electron chi connectivity index (χ2n) is 6.99. The number of urea groups is 1. The molecule has 0 radical (unpaired) electrons. The number of ether oxygens (including phenoxy) is 1. The maximum absolute atomic E-state index is 13.2. The van der Waals surface area contributed by atoms with Gasteiger partial charge in [-0.3, -0.25) is 4.90 Å². The van der Waals surface area contributed by atoms with Crippen LogP contribution >= 0.6 is 0 Å². The van der Waals surface area contributed by atoms with Crippen molar-refractivity contribution >= 4 is 11.7 Å². The van der Waals surface area contributed by atoms with Crippen molar-refractivity contribution in [3.05, 3.63) is 29.6 Å². The van der Waals surface area contributed by atoms with Crippen LogP contribution in [0.25, 0.3) is 0 Å². The maximum atomic E-state index is 13.2. The van der Waals surface area contributed by atoms with Gasteiger partial charge in [-0.15, -0.1) is 0 Å². The van der Waals surface area contributed by atoms with Crippen LogP contribution in [-0.4, -0.2) is 49.3 Å². The number of nitrogens with zero attached hydrogens (tertiary/aromatic N) is 2. The van der Waals surface area contributed by atoms with Gasteiger partial charge in [0.1, 0.15) is 11.9 Å². The summed E-state index contributed by atoms with van der Waals surface area (Å²) in [6.07, 6.45) is 5.69. The van der Waals surface area contributed by atoms with Gasteiger partial charge >= 0.3 is 6.03 Å². The first-order valence-electron chi connectivity index (χ1n) is 9.20. The summed E-state index contributed by atoms with van der Waals surface area (Å²) < 4.78 is 18.7. The lowest BCUT2D eigenvalue weighted by Crippen LogP contribution is -2.60. The number of carbonyl (C=O) groups is 1. The summed E-state index contributed by atoms with van der Waals surface area (Å²) in [4.78, 5) is 14.8. The van der Waals surface area contributed by atoms with Gasteiger partial charge in [-0.05, 0) is 31.0 Å². The third kappa shape index (κ3) is 4.32. The molecule has 1 aliphatic carbocycles. The first kappa shape index (κ1) is 18.6. The van der Waals surface area contributed by atoms with Crippen LogP contribution in [0.2, 0.25) is 0 Å². The Balaban J connectivity index is 1.63. The van der Waals surface area contributed by atoms with Crippen molar-refractivity contribution in [2.75, 3.05) is 38.2 Å². The highest BCUT2D eigenvalue weighted by Crippen LogP contribution is 2.33. The zero-order valence-electron chi connectivity index (χ0n) is 14.9. The van der Waals surface area contributed by atoms with Crippen LogP contribution < -0.4 is 10.6 Å². The molecular weight excluding hydrogens is 335 g/mol. The average Bonchev–Trinajstić information content (AvgIpc) is 2.69. The number of carbonyl (C=O) groups excluding carboxylic acids is 1. The summed E-state index contributed by atoms with van der Waals surface area (Å²) in [5.41, 5.74) is 0.399. The van der Waals surface area contributed by atoms with Gasteiger partial charge in [0.05, 0.1) is 24.5 Å². The molecule has 6 nitrogen and oxygen atoms in total. The number of morpholine rings is 1. The Bertz CT molecular complexity index is 677. The van der Waals surface area contributed by atoms with Crippen LogP contribution in [0.1, 0.15) is 37.7 Å². The second-order valence-corrected chi connectivity index (χ2v) is 6.99. The molecular formula is C19H25FN4O2. The van der Waals surface area contributed by atoms with E-state index in [0.29, 0.717) is 12.2 Å². The number of nitriles is 1. The standard InChI is InChI=1S/C19H25FN4O2/c20-16-4-5-17(15(12-16)13-21)23-18(25)22-14-19(6-2-1-3-7-19)24-8-10-26-11-9-24/h4-5,12H,1-3,6-11,14H2,(H2,22,23,25). The quantitative estimate of drug-likeness (QED) is 0.866. The van der Waals surface area contributed by atoms with Crippen molar-refractivity contribution < 1.29 is 13.9 Å². The van der Waals surface area contributed by atoms with Gasteiger partial charge in [-0.2, -0.15) is 5.26 Å². The molecule has 0 atom stereocenters. The lowest BCUT2D eigenvalue weighted by Gasteiger charge is -2.48. The Morgan fingerprint density at radius 3 is 2.69 bits per heavy atom. The third-order valence-corrected chi connectivity index (χ3v) is 5.39. The van der Waals surface area contributed by atoms with E-state index in [1.54, 1.807) is 0 Å². The maximum Gasteiger partial charge on any atom is 0.319 e. The Hall–Kier alpha value is -2.17. The number of amides is 2. The van der Waals surface area contributed by atoms with E-state index in [1.165, 1.54) is 18.6 Å². The fourth-order valence-corrected chi connectivity index (χ4v) is 3.98. The zero-order valence-corrected chi connectivity index (χ0v) is 14.9. The van der Waals surface area contributed by atoms with Gasteiger partial charge in [0.25, 0.3) is 0 Å². The number of benzene rings is 1. The molecule has 2 aliphatic rings. The summed E-state index contributed by atoms with van der Waals surface area (Å²) >= 11 is 0. The van der Waals surface area contributed by atoms with Crippen molar-refractivity contribution in [1.29, 1.82) is 5.26 Å². The fourth-order valence-electron chi connectivity index (χ4n) is 3.98. The van der Waals surface area contributed by atoms with Gasteiger partial charge in [0.15, 0.2) is 0 Å². The van der Waals surface area contributed by atoms with E-state index < -0.39 is 5.82 Å². The molecule has 1 saturated heterocycles. The molecule has 0 unspecified atom stereocenters. The molecule has 0 aromatic heterocycles. The highest BCUT2D eigenvalue weighted by molar-refractivity contribution is 5.90. The van der Waals surface area contributed by atoms with Crippen molar-refractivity contribution in [3.63, 3.8) is 0 Å². The van der Waals surface area contributed by atoms with Gasteiger partial charge < -0.3 is 15.4 Å². The van der Waals surface area contributed by atoms with Crippen molar-refractivity contribution in [2.45, 2.75) is 37.6 Å². The monoisotopic (exact) mass is 360 g/mol. The lowest BCUT2D eigenvalue weighted by molar-refractivity contribution is -0.0356. The zero-order chi connectivity index (χ0) is 18.4. The Morgan fingerprint density at radius 2 is 2.00 bits per heavy atom. The van der Waals surface area contributed by atoms with E-state index in [1.807, 2.05) is 6.07 Å². The van der Waals surface area contributed by atoms with E-state index in [4.69, 9.17) is 10.00 Å². The van der Waals surface area contributed by atoms with Crippen LogP contribution in [0, 0.1) is 17.1 Å². The van der Waals surface area contributed by atoms with Gasteiger partial charge in [0, 0.05) is 25.2 Å². The average molecular weight is 360 g/mol. The molecule has 1 heterocycles. The number of halogens is 1. The summed E-state index contributed by atoms with van der Waals surface area (Å²) in [6.45, 7) is 3.80.